The van der Waals surface area contributed by atoms with Gasteiger partial charge in [-0.05, 0) is 80.3 Å². The van der Waals surface area contributed by atoms with Crippen molar-refractivity contribution in [3.05, 3.63) is 53.6 Å². The van der Waals surface area contributed by atoms with E-state index < -0.39 is 39.9 Å². The van der Waals surface area contributed by atoms with Crippen LogP contribution in [0.15, 0.2) is 41.3 Å². The Labute approximate surface area is 277 Å². The summed E-state index contributed by atoms with van der Waals surface area (Å²) in [6.45, 7) is 4.63. The lowest BCUT2D eigenvalue weighted by atomic mass is 9.78. The van der Waals surface area contributed by atoms with Gasteiger partial charge >= 0.3 is 6.09 Å². The summed E-state index contributed by atoms with van der Waals surface area (Å²) in [4.78, 5) is 18.1. The molecule has 7 rings (SSSR count). The van der Waals surface area contributed by atoms with Gasteiger partial charge in [0.1, 0.15) is 17.7 Å². The Hall–Kier alpha value is -2.91. The topological polar surface area (TPSA) is 119 Å². The molecule has 3 bridgehead atoms. The molecule has 4 aliphatic rings. The van der Waals surface area contributed by atoms with Crippen LogP contribution in [0.5, 0.6) is 0 Å². The Kier molecular flexibility index (Phi) is 9.15. The summed E-state index contributed by atoms with van der Waals surface area (Å²) < 4.78 is 76.2. The van der Waals surface area contributed by atoms with Gasteiger partial charge in [-0.25, -0.2) is 27.0 Å². The zero-order valence-electron chi connectivity index (χ0n) is 26.4. The second kappa shape index (κ2) is 13.2. The lowest BCUT2D eigenvalue weighted by molar-refractivity contribution is -0.153. The molecular weight excluding hydrogens is 651 g/mol. The van der Waals surface area contributed by atoms with Crippen molar-refractivity contribution in [3.8, 4) is 0 Å². The lowest BCUT2D eigenvalue weighted by Gasteiger charge is -2.36. The average Bonchev–Trinajstić information content (AvgIpc) is 3.64. The first-order valence-corrected chi connectivity index (χ1v) is 18.6. The third kappa shape index (κ3) is 7.41. The summed E-state index contributed by atoms with van der Waals surface area (Å²) in [5.41, 5.74) is 1.07. The molecule has 4 fully saturated rings. The highest BCUT2D eigenvalue weighted by Crippen LogP contribution is 2.46. The maximum Gasteiger partial charge on any atom is 0.407 e. The van der Waals surface area contributed by atoms with Crippen LogP contribution in [0, 0.1) is 29.4 Å². The number of carbonyl (C=O) groups excluding carboxylic acids is 1. The number of benzene rings is 2. The summed E-state index contributed by atoms with van der Waals surface area (Å²) >= 11 is 1.43. The minimum absolute atomic E-state index is 0.0129. The van der Waals surface area contributed by atoms with Gasteiger partial charge in [-0.1, -0.05) is 25.2 Å². The molecule has 0 spiro atoms. The summed E-state index contributed by atoms with van der Waals surface area (Å²) in [5.74, 6) is -1.11. The summed E-state index contributed by atoms with van der Waals surface area (Å²) in [6, 6.07) is 7.93. The number of ether oxygens (including phenoxy) is 3. The van der Waals surface area contributed by atoms with E-state index in [1.54, 1.807) is 18.2 Å². The Morgan fingerprint density at radius 2 is 1.91 bits per heavy atom. The number of anilines is 1. The number of thiazole rings is 1. The van der Waals surface area contributed by atoms with Crippen molar-refractivity contribution < 1.29 is 36.2 Å². The first kappa shape index (κ1) is 32.6. The molecule has 6 atom stereocenters. The number of fused-ring (bicyclic) bond motifs is 3. The monoisotopic (exact) mass is 690 g/mol. The highest BCUT2D eigenvalue weighted by molar-refractivity contribution is 7.89. The van der Waals surface area contributed by atoms with Crippen LogP contribution in [0.4, 0.5) is 18.7 Å². The largest absolute Gasteiger partial charge is 0.443 e. The van der Waals surface area contributed by atoms with E-state index >= 15 is 0 Å². The molecule has 1 aromatic heterocycles. The molecule has 2 aliphatic carbocycles. The van der Waals surface area contributed by atoms with Gasteiger partial charge in [0.15, 0.2) is 11.4 Å². The van der Waals surface area contributed by atoms with E-state index in [4.69, 9.17) is 14.2 Å². The van der Waals surface area contributed by atoms with Gasteiger partial charge in [0.2, 0.25) is 10.0 Å². The minimum atomic E-state index is -3.94. The Morgan fingerprint density at radius 1 is 1.13 bits per heavy atom. The molecule has 1 amide bonds. The van der Waals surface area contributed by atoms with Crippen molar-refractivity contribution in [2.75, 3.05) is 25.0 Å². The van der Waals surface area contributed by atoms with Gasteiger partial charge in [0.05, 0.1) is 27.8 Å². The average molecular weight is 691 g/mol. The quantitative estimate of drug-likeness (QED) is 0.236. The Morgan fingerprint density at radius 3 is 2.66 bits per heavy atom. The molecule has 2 aliphatic heterocycles. The number of halogens is 2. The number of hydrogen-bond acceptors (Lipinski definition) is 9. The van der Waals surface area contributed by atoms with Crippen LogP contribution in [0.25, 0.3) is 10.2 Å². The van der Waals surface area contributed by atoms with Crippen LogP contribution >= 0.6 is 11.3 Å². The molecule has 2 saturated heterocycles. The molecule has 254 valence electrons. The fourth-order valence-electron chi connectivity index (χ4n) is 6.98. The molecule has 47 heavy (non-hydrogen) atoms. The normalized spacial score (nSPS) is 25.9. The predicted octanol–water partition coefficient (Wildman–Crippen LogP) is 5.67. The van der Waals surface area contributed by atoms with Gasteiger partial charge in [-0.2, -0.15) is 4.31 Å². The third-order valence-corrected chi connectivity index (χ3v) is 12.1. The number of nitrogens with one attached hydrogen (secondary N) is 2. The van der Waals surface area contributed by atoms with Gasteiger partial charge < -0.3 is 24.8 Å². The van der Waals surface area contributed by atoms with Crippen LogP contribution in [0.1, 0.15) is 51.5 Å². The van der Waals surface area contributed by atoms with E-state index in [1.165, 1.54) is 27.8 Å². The van der Waals surface area contributed by atoms with Crippen molar-refractivity contribution in [1.82, 2.24) is 14.6 Å². The highest BCUT2D eigenvalue weighted by Gasteiger charge is 2.53. The summed E-state index contributed by atoms with van der Waals surface area (Å²) in [7, 11) is -3.94. The number of amides is 1. The Balaban J connectivity index is 1.08. The fraction of sp³-hybridized carbons (Fsp3) is 0.576. The van der Waals surface area contributed by atoms with E-state index in [1.807, 2.05) is 13.8 Å². The van der Waals surface area contributed by atoms with Crippen LogP contribution in [0.2, 0.25) is 0 Å². The van der Waals surface area contributed by atoms with Crippen LogP contribution in [-0.2, 0) is 30.7 Å². The summed E-state index contributed by atoms with van der Waals surface area (Å²) in [5, 5.41) is 7.03. The maximum absolute atomic E-state index is 14.1. The maximum atomic E-state index is 14.1. The number of aromatic nitrogens is 1. The molecular formula is C33H40F2N4O6S2. The molecule has 3 heterocycles. The first-order valence-electron chi connectivity index (χ1n) is 16.4. The second-order valence-electron chi connectivity index (χ2n) is 13.7. The number of carbonyl (C=O) groups is 1. The fourth-order valence-corrected chi connectivity index (χ4v) is 9.68. The molecule has 2 saturated carbocycles. The van der Waals surface area contributed by atoms with Gasteiger partial charge in [-0.3, -0.25) is 0 Å². The number of sulfonamides is 1. The molecule has 14 heteroatoms. The van der Waals surface area contributed by atoms with Crippen LogP contribution < -0.4 is 10.6 Å². The first-order chi connectivity index (χ1) is 22.5. The van der Waals surface area contributed by atoms with E-state index in [0.717, 1.165) is 47.1 Å². The summed E-state index contributed by atoms with van der Waals surface area (Å²) in [6.07, 6.45) is 2.44. The van der Waals surface area contributed by atoms with Gasteiger partial charge in [0, 0.05) is 43.1 Å². The Bertz CT molecular complexity index is 1710. The van der Waals surface area contributed by atoms with E-state index in [2.05, 4.69) is 15.6 Å². The van der Waals surface area contributed by atoms with Gasteiger partial charge in [-0.15, -0.1) is 0 Å². The smallest absolute Gasteiger partial charge is 0.407 e. The van der Waals surface area contributed by atoms with Crippen molar-refractivity contribution in [3.63, 3.8) is 0 Å². The molecule has 3 aromatic rings. The van der Waals surface area contributed by atoms with Crippen molar-refractivity contribution >= 4 is 42.8 Å². The third-order valence-electron chi connectivity index (χ3n) is 9.31. The number of alkyl carbamates (subject to hydrolysis) is 1. The minimum Gasteiger partial charge on any atom is -0.443 e. The number of rotatable bonds is 13. The SMILES string of the molecule is CC(C)CN(CCC(Cc1cc(F)cc(F)c1)NC(=O)OC1C2COC3OC1CC3C2)S(=O)(=O)c1ccc2nc(NC3CC3)sc2c1. The van der Waals surface area contributed by atoms with Gasteiger partial charge in [0.25, 0.3) is 0 Å². The molecule has 2 aromatic carbocycles. The van der Waals surface area contributed by atoms with E-state index in [0.29, 0.717) is 24.1 Å². The standard InChI is InChI=1S/C33H40F2N4O6S2/c1-18(2)16-39(47(41,42)26-5-6-27-29(15-26)46-32(38-27)36-24-3-4-24)8-7-25(11-19-9-22(34)14-23(35)10-19)37-33(40)45-30-21-12-20-13-28(30)44-31(20)43-17-21/h5-6,9-10,14-15,18,20-21,24-25,28,30-31H,3-4,7-8,11-13,16-17H2,1-2H3,(H,36,38)(H,37,40). The van der Waals surface area contributed by atoms with E-state index in [-0.39, 0.29) is 55.1 Å². The lowest BCUT2D eigenvalue weighted by Crippen LogP contribution is -2.48. The number of nitrogens with zero attached hydrogens (tertiary/aromatic N) is 2. The zero-order chi connectivity index (χ0) is 32.9. The molecule has 6 unspecified atom stereocenters. The van der Waals surface area contributed by atoms with Crippen molar-refractivity contribution in [2.45, 2.75) is 87.8 Å². The van der Waals surface area contributed by atoms with E-state index in [9.17, 15) is 22.0 Å². The number of hydrogen-bond donors (Lipinski definition) is 2. The van der Waals surface area contributed by atoms with Crippen LogP contribution in [-0.4, -0.2) is 74.1 Å². The highest BCUT2D eigenvalue weighted by atomic mass is 32.2. The van der Waals surface area contributed by atoms with Crippen LogP contribution in [0.3, 0.4) is 0 Å². The zero-order valence-corrected chi connectivity index (χ0v) is 28.0. The molecule has 0 radical (unpaired) electrons. The predicted molar refractivity (Wildman–Crippen MR) is 173 cm³/mol. The molecule has 10 nitrogen and oxygen atoms in total. The second-order valence-corrected chi connectivity index (χ2v) is 16.6. The molecule has 2 N–H and O–H groups in total. The van der Waals surface area contributed by atoms with Crippen molar-refractivity contribution in [2.24, 2.45) is 17.8 Å². The van der Waals surface area contributed by atoms with Crippen molar-refractivity contribution in [1.29, 1.82) is 0 Å².